The summed E-state index contributed by atoms with van der Waals surface area (Å²) >= 11 is 5.98. The van der Waals surface area contributed by atoms with E-state index in [-0.39, 0.29) is 11.8 Å². The quantitative estimate of drug-likeness (QED) is 0.785. The Balaban J connectivity index is 2.90. The molecule has 0 aromatic heterocycles. The van der Waals surface area contributed by atoms with Gasteiger partial charge in [0.15, 0.2) is 0 Å². The van der Waals surface area contributed by atoms with Crippen LogP contribution in [0.2, 0.25) is 5.02 Å². The van der Waals surface area contributed by atoms with E-state index in [2.05, 4.69) is 10.6 Å². The molecule has 2 N–H and O–H groups in total. The predicted molar refractivity (Wildman–Crippen MR) is 99.2 cm³/mol. The van der Waals surface area contributed by atoms with Crippen LogP contribution in [0.3, 0.4) is 0 Å². The second kappa shape index (κ2) is 8.94. The number of alkyl carbamates (subject to hydrolysis) is 1. The van der Waals surface area contributed by atoms with Gasteiger partial charge in [0, 0.05) is 5.02 Å². The van der Waals surface area contributed by atoms with E-state index < -0.39 is 17.7 Å². The minimum absolute atomic E-state index is 0.201. The summed E-state index contributed by atoms with van der Waals surface area (Å²) in [6.45, 7) is 9.23. The van der Waals surface area contributed by atoms with Gasteiger partial charge in [0.05, 0.1) is 12.8 Å². The van der Waals surface area contributed by atoms with Crippen LogP contribution in [0, 0.1) is 5.92 Å². The van der Waals surface area contributed by atoms with Crippen molar-refractivity contribution in [1.29, 1.82) is 0 Å². The fourth-order valence-electron chi connectivity index (χ4n) is 2.15. The summed E-state index contributed by atoms with van der Waals surface area (Å²) in [6.07, 6.45) is -0.167. The van der Waals surface area contributed by atoms with Gasteiger partial charge < -0.3 is 20.1 Å². The zero-order valence-electron chi connectivity index (χ0n) is 15.6. The highest BCUT2D eigenvalue weighted by atomic mass is 35.5. The van der Waals surface area contributed by atoms with E-state index in [9.17, 15) is 9.59 Å². The van der Waals surface area contributed by atoms with Gasteiger partial charge in [-0.25, -0.2) is 4.79 Å². The Kier molecular flexibility index (Phi) is 7.55. The number of rotatable bonds is 6. The maximum Gasteiger partial charge on any atom is 0.408 e. The number of amides is 2. The van der Waals surface area contributed by atoms with Crippen LogP contribution >= 0.6 is 11.6 Å². The van der Waals surface area contributed by atoms with E-state index in [0.29, 0.717) is 22.9 Å². The van der Waals surface area contributed by atoms with Crippen molar-refractivity contribution in [2.24, 2.45) is 5.92 Å². The first-order valence-corrected chi connectivity index (χ1v) is 8.53. The molecular formula is C18H27ClN2O4. The summed E-state index contributed by atoms with van der Waals surface area (Å²) in [5.74, 6) is 0.324. The maximum atomic E-state index is 12.6. The number of anilines is 1. The van der Waals surface area contributed by atoms with Crippen LogP contribution in [0.4, 0.5) is 10.5 Å². The molecule has 140 valence electrons. The Morgan fingerprint density at radius 3 is 2.40 bits per heavy atom. The highest BCUT2D eigenvalue weighted by Gasteiger charge is 2.25. The molecular weight excluding hydrogens is 344 g/mol. The smallest absolute Gasteiger partial charge is 0.408 e. The van der Waals surface area contributed by atoms with Crippen molar-refractivity contribution >= 4 is 29.3 Å². The van der Waals surface area contributed by atoms with Gasteiger partial charge in [0.1, 0.15) is 17.4 Å². The van der Waals surface area contributed by atoms with Gasteiger partial charge in [0.25, 0.3) is 0 Å². The van der Waals surface area contributed by atoms with Gasteiger partial charge in [-0.3, -0.25) is 4.79 Å². The second-order valence-electron chi connectivity index (χ2n) is 7.16. The third-order valence-electron chi connectivity index (χ3n) is 3.13. The summed E-state index contributed by atoms with van der Waals surface area (Å²) in [5, 5.41) is 5.86. The first-order chi connectivity index (χ1) is 11.5. The van der Waals surface area contributed by atoms with E-state index in [0.717, 1.165) is 0 Å². The van der Waals surface area contributed by atoms with Crippen LogP contribution in [0.5, 0.6) is 5.75 Å². The number of carbonyl (C=O) groups is 2. The van der Waals surface area contributed by atoms with Crippen LogP contribution in [0.1, 0.15) is 41.0 Å². The summed E-state index contributed by atoms with van der Waals surface area (Å²) in [6, 6.07) is 4.19. The highest BCUT2D eigenvalue weighted by molar-refractivity contribution is 6.31. The number of hydrogen-bond donors (Lipinski definition) is 2. The lowest BCUT2D eigenvalue weighted by Gasteiger charge is -2.24. The maximum absolute atomic E-state index is 12.6. The van der Waals surface area contributed by atoms with Crippen LogP contribution < -0.4 is 15.4 Å². The fraction of sp³-hybridized carbons (Fsp3) is 0.556. The largest absolute Gasteiger partial charge is 0.495 e. The Hall–Kier alpha value is -1.95. The van der Waals surface area contributed by atoms with Gasteiger partial charge >= 0.3 is 6.09 Å². The van der Waals surface area contributed by atoms with Crippen molar-refractivity contribution in [1.82, 2.24) is 5.32 Å². The van der Waals surface area contributed by atoms with Crippen molar-refractivity contribution in [3.05, 3.63) is 23.2 Å². The van der Waals surface area contributed by atoms with Crippen molar-refractivity contribution in [2.75, 3.05) is 12.4 Å². The third kappa shape index (κ3) is 7.65. The monoisotopic (exact) mass is 370 g/mol. The number of methoxy groups -OCH3 is 1. The van der Waals surface area contributed by atoms with Gasteiger partial charge in [-0.2, -0.15) is 0 Å². The van der Waals surface area contributed by atoms with Crippen molar-refractivity contribution in [2.45, 2.75) is 52.7 Å². The molecule has 0 heterocycles. The van der Waals surface area contributed by atoms with E-state index in [4.69, 9.17) is 21.1 Å². The molecule has 0 bridgehead atoms. The molecule has 0 fully saturated rings. The third-order valence-corrected chi connectivity index (χ3v) is 3.37. The van der Waals surface area contributed by atoms with Gasteiger partial charge in [-0.05, 0) is 51.3 Å². The normalized spacial score (nSPS) is 12.5. The summed E-state index contributed by atoms with van der Waals surface area (Å²) in [4.78, 5) is 24.7. The summed E-state index contributed by atoms with van der Waals surface area (Å²) < 4.78 is 10.5. The summed E-state index contributed by atoms with van der Waals surface area (Å²) in [7, 11) is 1.50. The molecule has 0 aliphatic carbocycles. The van der Waals surface area contributed by atoms with Crippen LogP contribution in [0.25, 0.3) is 0 Å². The molecule has 6 nitrogen and oxygen atoms in total. The molecule has 0 aliphatic heterocycles. The molecule has 0 aliphatic rings. The number of benzene rings is 1. The molecule has 1 aromatic carbocycles. The number of halogens is 1. The topological polar surface area (TPSA) is 76.7 Å². The van der Waals surface area contributed by atoms with Crippen LogP contribution in [-0.2, 0) is 9.53 Å². The molecule has 1 rings (SSSR count). The van der Waals surface area contributed by atoms with Crippen molar-refractivity contribution < 1.29 is 19.1 Å². The Labute approximate surface area is 154 Å². The number of ether oxygens (including phenoxy) is 2. The van der Waals surface area contributed by atoms with Crippen molar-refractivity contribution in [3.8, 4) is 5.75 Å². The minimum Gasteiger partial charge on any atom is -0.495 e. The SMILES string of the molecule is COc1ccc(Cl)cc1NC(=O)[C@H](CC(C)C)NC(=O)OC(C)(C)C. The molecule has 0 unspecified atom stereocenters. The molecule has 1 aromatic rings. The van der Waals surface area contributed by atoms with Crippen molar-refractivity contribution in [3.63, 3.8) is 0 Å². The lowest BCUT2D eigenvalue weighted by Crippen LogP contribution is -2.46. The number of carbonyl (C=O) groups excluding carboxylic acids is 2. The predicted octanol–water partition coefficient (Wildman–Crippen LogP) is 4.23. The molecule has 7 heteroatoms. The van der Waals surface area contributed by atoms with E-state index in [1.54, 1.807) is 39.0 Å². The fourth-order valence-corrected chi connectivity index (χ4v) is 2.32. The van der Waals surface area contributed by atoms with Gasteiger partial charge in [-0.1, -0.05) is 25.4 Å². The summed E-state index contributed by atoms with van der Waals surface area (Å²) in [5.41, 5.74) is -0.196. The minimum atomic E-state index is -0.737. The highest BCUT2D eigenvalue weighted by Crippen LogP contribution is 2.28. The Bertz CT molecular complexity index is 612. The molecule has 1 atom stereocenters. The standard InChI is InChI=1S/C18H27ClN2O4/c1-11(2)9-14(21-17(23)25-18(3,4)5)16(22)20-13-10-12(19)7-8-15(13)24-6/h7-8,10-11,14H,9H2,1-6H3,(H,20,22)(H,21,23)/t14-/m0/s1. The molecule has 0 saturated heterocycles. The van der Waals surface area contributed by atoms with E-state index >= 15 is 0 Å². The van der Waals surface area contributed by atoms with Gasteiger partial charge in [0.2, 0.25) is 5.91 Å². The molecule has 0 spiro atoms. The average molecular weight is 371 g/mol. The van der Waals surface area contributed by atoms with E-state index in [1.807, 2.05) is 13.8 Å². The Morgan fingerprint density at radius 2 is 1.88 bits per heavy atom. The lowest BCUT2D eigenvalue weighted by atomic mass is 10.0. The van der Waals surface area contributed by atoms with Crippen LogP contribution in [0.15, 0.2) is 18.2 Å². The van der Waals surface area contributed by atoms with E-state index in [1.165, 1.54) is 7.11 Å². The molecule has 0 saturated carbocycles. The van der Waals surface area contributed by atoms with Crippen LogP contribution in [-0.4, -0.2) is 30.8 Å². The zero-order chi connectivity index (χ0) is 19.2. The first-order valence-electron chi connectivity index (χ1n) is 8.15. The zero-order valence-corrected chi connectivity index (χ0v) is 16.4. The second-order valence-corrected chi connectivity index (χ2v) is 7.60. The molecule has 0 radical (unpaired) electrons. The molecule has 25 heavy (non-hydrogen) atoms. The molecule has 2 amide bonds. The first kappa shape index (κ1) is 21.1. The number of nitrogens with one attached hydrogen (secondary N) is 2. The van der Waals surface area contributed by atoms with Gasteiger partial charge in [-0.15, -0.1) is 0 Å². The number of hydrogen-bond acceptors (Lipinski definition) is 4. The Morgan fingerprint density at radius 1 is 1.24 bits per heavy atom. The average Bonchev–Trinajstić information content (AvgIpc) is 2.44. The lowest BCUT2D eigenvalue weighted by molar-refractivity contribution is -0.118.